The fourth-order valence-electron chi connectivity index (χ4n) is 3.40. The summed E-state index contributed by atoms with van der Waals surface area (Å²) in [6.07, 6.45) is 4.51. The first-order valence-electron chi connectivity index (χ1n) is 8.63. The van der Waals surface area contributed by atoms with Gasteiger partial charge < -0.3 is 10.2 Å². The molecule has 5 nitrogen and oxygen atoms in total. The predicted molar refractivity (Wildman–Crippen MR) is 87.5 cm³/mol. The van der Waals surface area contributed by atoms with Crippen LogP contribution in [0.15, 0.2) is 0 Å². The number of rotatable bonds is 3. The molecular formula is C17H31N3O2. The van der Waals surface area contributed by atoms with Gasteiger partial charge in [0.15, 0.2) is 0 Å². The van der Waals surface area contributed by atoms with Gasteiger partial charge in [0.2, 0.25) is 11.8 Å². The minimum absolute atomic E-state index is 0.0723. The summed E-state index contributed by atoms with van der Waals surface area (Å²) in [5.41, 5.74) is -0.203. The van der Waals surface area contributed by atoms with E-state index in [0.29, 0.717) is 5.91 Å². The summed E-state index contributed by atoms with van der Waals surface area (Å²) in [5, 5.41) is 3.03. The molecule has 126 valence electrons. The molecule has 1 aliphatic carbocycles. The van der Waals surface area contributed by atoms with Gasteiger partial charge in [-0.3, -0.25) is 14.5 Å². The first-order chi connectivity index (χ1) is 10.3. The van der Waals surface area contributed by atoms with Crippen molar-refractivity contribution in [2.45, 2.75) is 65.0 Å². The van der Waals surface area contributed by atoms with E-state index < -0.39 is 0 Å². The Kier molecular flexibility index (Phi) is 5.48. The van der Waals surface area contributed by atoms with Crippen LogP contribution in [0.4, 0.5) is 0 Å². The van der Waals surface area contributed by atoms with Crippen LogP contribution in [0.5, 0.6) is 0 Å². The largest absolute Gasteiger partial charge is 0.350 e. The van der Waals surface area contributed by atoms with Crippen molar-refractivity contribution in [3.63, 3.8) is 0 Å². The molecule has 1 aliphatic heterocycles. The van der Waals surface area contributed by atoms with E-state index in [0.717, 1.165) is 39.0 Å². The zero-order chi connectivity index (χ0) is 16.3. The third kappa shape index (κ3) is 4.45. The van der Waals surface area contributed by atoms with E-state index in [9.17, 15) is 9.59 Å². The molecule has 2 amide bonds. The minimum atomic E-state index is -0.203. The molecule has 1 saturated carbocycles. The third-order valence-corrected chi connectivity index (χ3v) is 4.76. The molecule has 1 atom stereocenters. The lowest BCUT2D eigenvalue weighted by molar-refractivity contribution is -0.138. The normalized spacial score (nSPS) is 22.6. The summed E-state index contributed by atoms with van der Waals surface area (Å²) in [7, 11) is 0. The number of carbonyl (C=O) groups excluding carboxylic acids is 2. The van der Waals surface area contributed by atoms with E-state index in [1.807, 2.05) is 32.6 Å². The molecule has 0 radical (unpaired) electrons. The molecule has 22 heavy (non-hydrogen) atoms. The van der Waals surface area contributed by atoms with Crippen LogP contribution in [0.2, 0.25) is 0 Å². The molecule has 2 rings (SSSR count). The SMILES string of the molecule is CC(C(=O)NC(C)(C)C)N1CCN(C(=O)C2CCCC2)CC1. The molecule has 0 aromatic heterocycles. The zero-order valence-corrected chi connectivity index (χ0v) is 14.5. The second kappa shape index (κ2) is 6.99. The number of carbonyl (C=O) groups is 2. The number of nitrogens with zero attached hydrogens (tertiary/aromatic N) is 2. The Morgan fingerprint density at radius 1 is 1.05 bits per heavy atom. The lowest BCUT2D eigenvalue weighted by Crippen LogP contribution is -2.57. The summed E-state index contributed by atoms with van der Waals surface area (Å²) < 4.78 is 0. The maximum Gasteiger partial charge on any atom is 0.237 e. The van der Waals surface area contributed by atoms with Gasteiger partial charge in [-0.15, -0.1) is 0 Å². The van der Waals surface area contributed by atoms with Crippen molar-refractivity contribution in [3.05, 3.63) is 0 Å². The van der Waals surface area contributed by atoms with Gasteiger partial charge in [-0.05, 0) is 40.5 Å². The van der Waals surface area contributed by atoms with Crippen molar-refractivity contribution >= 4 is 11.8 Å². The second-order valence-electron chi connectivity index (χ2n) is 7.76. The highest BCUT2D eigenvalue weighted by Crippen LogP contribution is 2.27. The highest BCUT2D eigenvalue weighted by molar-refractivity contribution is 5.82. The Bertz CT molecular complexity index is 403. The molecule has 0 bridgehead atoms. The van der Waals surface area contributed by atoms with E-state index in [-0.39, 0.29) is 23.4 Å². The van der Waals surface area contributed by atoms with E-state index in [1.165, 1.54) is 12.8 Å². The summed E-state index contributed by atoms with van der Waals surface area (Å²) in [6, 6.07) is -0.136. The Hall–Kier alpha value is -1.10. The third-order valence-electron chi connectivity index (χ3n) is 4.76. The number of piperazine rings is 1. The molecule has 0 aromatic carbocycles. The Balaban J connectivity index is 1.81. The summed E-state index contributed by atoms with van der Waals surface area (Å²) in [5.74, 6) is 0.667. The first kappa shape index (κ1) is 17.3. The number of hydrogen-bond acceptors (Lipinski definition) is 3. The van der Waals surface area contributed by atoms with Gasteiger partial charge in [-0.25, -0.2) is 0 Å². The number of hydrogen-bond donors (Lipinski definition) is 1. The predicted octanol–water partition coefficient (Wildman–Crippen LogP) is 1.62. The maximum atomic E-state index is 12.4. The van der Waals surface area contributed by atoms with Crippen molar-refractivity contribution in [2.24, 2.45) is 5.92 Å². The van der Waals surface area contributed by atoms with Gasteiger partial charge in [0.1, 0.15) is 0 Å². The molecule has 0 spiro atoms. The Labute approximate surface area is 134 Å². The molecule has 2 aliphatic rings. The fraction of sp³-hybridized carbons (Fsp3) is 0.882. The lowest BCUT2D eigenvalue weighted by Gasteiger charge is -2.39. The van der Waals surface area contributed by atoms with Gasteiger partial charge in [0.25, 0.3) is 0 Å². The molecule has 1 saturated heterocycles. The second-order valence-corrected chi connectivity index (χ2v) is 7.76. The zero-order valence-electron chi connectivity index (χ0n) is 14.5. The average molecular weight is 309 g/mol. The summed E-state index contributed by atoms with van der Waals surface area (Å²) in [4.78, 5) is 28.9. The number of nitrogens with one attached hydrogen (secondary N) is 1. The molecule has 1 unspecified atom stereocenters. The van der Waals surface area contributed by atoms with Crippen molar-refractivity contribution in [1.82, 2.24) is 15.1 Å². The highest BCUT2D eigenvalue weighted by Gasteiger charge is 2.32. The Morgan fingerprint density at radius 3 is 2.09 bits per heavy atom. The van der Waals surface area contributed by atoms with Crippen LogP contribution in [-0.4, -0.2) is 59.4 Å². The molecule has 0 aromatic rings. The smallest absolute Gasteiger partial charge is 0.237 e. The van der Waals surface area contributed by atoms with Gasteiger partial charge in [-0.1, -0.05) is 12.8 Å². The van der Waals surface area contributed by atoms with Crippen LogP contribution < -0.4 is 5.32 Å². The number of amides is 2. The van der Waals surface area contributed by atoms with E-state index >= 15 is 0 Å². The summed E-state index contributed by atoms with van der Waals surface area (Å²) >= 11 is 0. The van der Waals surface area contributed by atoms with Crippen molar-refractivity contribution in [2.75, 3.05) is 26.2 Å². The molecule has 5 heteroatoms. The first-order valence-corrected chi connectivity index (χ1v) is 8.63. The quantitative estimate of drug-likeness (QED) is 0.862. The van der Waals surface area contributed by atoms with E-state index in [4.69, 9.17) is 0 Å². The van der Waals surface area contributed by atoms with Crippen LogP contribution in [-0.2, 0) is 9.59 Å². The maximum absolute atomic E-state index is 12.4. The lowest BCUT2D eigenvalue weighted by atomic mass is 10.1. The molecular weight excluding hydrogens is 278 g/mol. The topological polar surface area (TPSA) is 52.7 Å². The van der Waals surface area contributed by atoms with Crippen LogP contribution in [0.1, 0.15) is 53.4 Å². The monoisotopic (exact) mass is 309 g/mol. The van der Waals surface area contributed by atoms with Crippen LogP contribution in [0.3, 0.4) is 0 Å². The van der Waals surface area contributed by atoms with Gasteiger partial charge in [0.05, 0.1) is 6.04 Å². The van der Waals surface area contributed by atoms with Crippen molar-refractivity contribution in [3.8, 4) is 0 Å². The van der Waals surface area contributed by atoms with Crippen molar-refractivity contribution in [1.29, 1.82) is 0 Å². The van der Waals surface area contributed by atoms with Crippen LogP contribution in [0, 0.1) is 5.92 Å². The van der Waals surface area contributed by atoms with E-state index in [2.05, 4.69) is 10.2 Å². The average Bonchev–Trinajstić information content (AvgIpc) is 2.98. The molecule has 1 heterocycles. The van der Waals surface area contributed by atoms with Crippen molar-refractivity contribution < 1.29 is 9.59 Å². The highest BCUT2D eigenvalue weighted by atomic mass is 16.2. The van der Waals surface area contributed by atoms with Crippen LogP contribution in [0.25, 0.3) is 0 Å². The Morgan fingerprint density at radius 2 is 1.59 bits per heavy atom. The van der Waals surface area contributed by atoms with Gasteiger partial charge in [0, 0.05) is 37.6 Å². The minimum Gasteiger partial charge on any atom is -0.350 e. The van der Waals surface area contributed by atoms with Gasteiger partial charge in [-0.2, -0.15) is 0 Å². The van der Waals surface area contributed by atoms with Crippen LogP contribution >= 0.6 is 0 Å². The summed E-state index contributed by atoms with van der Waals surface area (Å²) in [6.45, 7) is 11.0. The van der Waals surface area contributed by atoms with E-state index in [1.54, 1.807) is 0 Å². The standard InChI is InChI=1S/C17H31N3O2/c1-13(15(21)18-17(2,3)4)19-9-11-20(12-10-19)16(22)14-7-5-6-8-14/h13-14H,5-12H2,1-4H3,(H,18,21). The van der Waals surface area contributed by atoms with Gasteiger partial charge >= 0.3 is 0 Å². The molecule has 1 N–H and O–H groups in total. The fourth-order valence-corrected chi connectivity index (χ4v) is 3.40. The molecule has 2 fully saturated rings.